The molecule has 2 unspecified atom stereocenters. The third kappa shape index (κ3) is 3.64. The second kappa shape index (κ2) is 6.95. The van der Waals surface area contributed by atoms with E-state index in [0.29, 0.717) is 12.0 Å². The molecule has 0 aliphatic heterocycles. The van der Waals surface area contributed by atoms with Crippen molar-refractivity contribution in [2.75, 3.05) is 33.1 Å². The minimum absolute atomic E-state index is 0.475. The van der Waals surface area contributed by atoms with Gasteiger partial charge in [-0.15, -0.1) is 0 Å². The molecule has 0 heterocycles. The van der Waals surface area contributed by atoms with E-state index < -0.39 is 0 Å². The number of ether oxygens (including phenoxy) is 1. The normalized spacial score (nSPS) is 22.2. The predicted molar refractivity (Wildman–Crippen MR) is 84.2 cm³/mol. The molecule has 0 amide bonds. The first-order valence-electron chi connectivity index (χ1n) is 7.42. The molecule has 0 saturated heterocycles. The van der Waals surface area contributed by atoms with Crippen molar-refractivity contribution >= 4 is 5.69 Å². The molecule has 1 aromatic carbocycles. The molecule has 112 valence electrons. The van der Waals surface area contributed by atoms with Crippen LogP contribution in [0.1, 0.15) is 24.8 Å². The summed E-state index contributed by atoms with van der Waals surface area (Å²) in [7, 11) is 5.89. The molecule has 3 N–H and O–H groups in total. The SMILES string of the molecule is COc1ccc(CN(C)C)cc1NC1CCCC1CN. The van der Waals surface area contributed by atoms with Crippen molar-refractivity contribution in [1.29, 1.82) is 0 Å². The van der Waals surface area contributed by atoms with Gasteiger partial charge in [-0.1, -0.05) is 12.5 Å². The van der Waals surface area contributed by atoms with Crippen LogP contribution in [0.3, 0.4) is 0 Å². The minimum Gasteiger partial charge on any atom is -0.495 e. The number of nitrogens with one attached hydrogen (secondary N) is 1. The van der Waals surface area contributed by atoms with Gasteiger partial charge < -0.3 is 20.7 Å². The van der Waals surface area contributed by atoms with Gasteiger partial charge in [0.15, 0.2) is 0 Å². The van der Waals surface area contributed by atoms with E-state index in [9.17, 15) is 0 Å². The highest BCUT2D eigenvalue weighted by molar-refractivity contribution is 5.59. The van der Waals surface area contributed by atoms with Gasteiger partial charge in [-0.3, -0.25) is 0 Å². The summed E-state index contributed by atoms with van der Waals surface area (Å²) in [4.78, 5) is 2.17. The van der Waals surface area contributed by atoms with Crippen molar-refractivity contribution in [3.05, 3.63) is 23.8 Å². The number of hydrogen-bond acceptors (Lipinski definition) is 4. The zero-order valence-electron chi connectivity index (χ0n) is 12.9. The van der Waals surface area contributed by atoms with Crippen LogP contribution in [0.5, 0.6) is 5.75 Å². The van der Waals surface area contributed by atoms with E-state index in [2.05, 4.69) is 36.4 Å². The van der Waals surface area contributed by atoms with E-state index in [1.165, 1.54) is 24.8 Å². The largest absolute Gasteiger partial charge is 0.495 e. The summed E-state index contributed by atoms with van der Waals surface area (Å²) in [5.41, 5.74) is 8.25. The van der Waals surface area contributed by atoms with E-state index in [4.69, 9.17) is 10.5 Å². The van der Waals surface area contributed by atoms with Crippen molar-refractivity contribution in [3.8, 4) is 5.75 Å². The molecule has 1 fully saturated rings. The third-order valence-corrected chi connectivity index (χ3v) is 4.07. The number of nitrogens with two attached hydrogens (primary N) is 1. The van der Waals surface area contributed by atoms with Crippen LogP contribution in [-0.4, -0.2) is 38.7 Å². The molecular formula is C16H27N3O. The third-order valence-electron chi connectivity index (χ3n) is 4.07. The van der Waals surface area contributed by atoms with Crippen molar-refractivity contribution in [2.45, 2.75) is 31.8 Å². The van der Waals surface area contributed by atoms with Gasteiger partial charge in [0.1, 0.15) is 5.75 Å². The average molecular weight is 277 g/mol. The first kappa shape index (κ1) is 15.1. The van der Waals surface area contributed by atoms with Crippen molar-refractivity contribution < 1.29 is 4.74 Å². The summed E-state index contributed by atoms with van der Waals surface area (Å²) in [5, 5.41) is 3.65. The van der Waals surface area contributed by atoms with Crippen LogP contribution >= 0.6 is 0 Å². The summed E-state index contributed by atoms with van der Waals surface area (Å²) >= 11 is 0. The zero-order chi connectivity index (χ0) is 14.5. The monoisotopic (exact) mass is 277 g/mol. The van der Waals surface area contributed by atoms with Gasteiger partial charge in [0, 0.05) is 12.6 Å². The lowest BCUT2D eigenvalue weighted by molar-refractivity contribution is 0.399. The molecule has 1 aromatic rings. The molecule has 1 aliphatic carbocycles. The van der Waals surface area contributed by atoms with Gasteiger partial charge >= 0.3 is 0 Å². The maximum absolute atomic E-state index is 5.87. The van der Waals surface area contributed by atoms with Crippen molar-refractivity contribution in [1.82, 2.24) is 4.90 Å². The number of hydrogen-bond donors (Lipinski definition) is 2. The Labute approximate surface area is 122 Å². The van der Waals surface area contributed by atoms with E-state index in [1.54, 1.807) is 7.11 Å². The fraction of sp³-hybridized carbons (Fsp3) is 0.625. The van der Waals surface area contributed by atoms with Gasteiger partial charge in [-0.2, -0.15) is 0 Å². The minimum atomic E-state index is 0.475. The highest BCUT2D eigenvalue weighted by atomic mass is 16.5. The second-order valence-corrected chi connectivity index (χ2v) is 5.95. The molecule has 1 aliphatic rings. The van der Waals surface area contributed by atoms with E-state index in [0.717, 1.165) is 24.5 Å². The molecule has 0 aromatic heterocycles. The highest BCUT2D eigenvalue weighted by Crippen LogP contribution is 2.32. The van der Waals surface area contributed by atoms with Crippen LogP contribution in [-0.2, 0) is 6.54 Å². The average Bonchev–Trinajstić information content (AvgIpc) is 2.85. The number of methoxy groups -OCH3 is 1. The summed E-state index contributed by atoms with van der Waals surface area (Å²) in [6, 6.07) is 6.85. The second-order valence-electron chi connectivity index (χ2n) is 5.95. The van der Waals surface area contributed by atoms with Gasteiger partial charge in [0.25, 0.3) is 0 Å². The van der Waals surface area contributed by atoms with Crippen LogP contribution in [0.15, 0.2) is 18.2 Å². The maximum Gasteiger partial charge on any atom is 0.141 e. The smallest absolute Gasteiger partial charge is 0.141 e. The molecule has 2 rings (SSSR count). The Bertz CT molecular complexity index is 434. The Morgan fingerprint density at radius 2 is 2.15 bits per heavy atom. The Hall–Kier alpha value is -1.26. The fourth-order valence-electron chi connectivity index (χ4n) is 3.04. The van der Waals surface area contributed by atoms with Crippen LogP contribution in [0.4, 0.5) is 5.69 Å². The van der Waals surface area contributed by atoms with E-state index in [1.807, 2.05) is 6.07 Å². The predicted octanol–water partition coefficient (Wildman–Crippen LogP) is 2.30. The van der Waals surface area contributed by atoms with E-state index >= 15 is 0 Å². The topological polar surface area (TPSA) is 50.5 Å². The van der Waals surface area contributed by atoms with Crippen LogP contribution < -0.4 is 15.8 Å². The molecule has 2 atom stereocenters. The number of anilines is 1. The molecule has 0 radical (unpaired) electrons. The Morgan fingerprint density at radius 3 is 2.80 bits per heavy atom. The number of nitrogens with zero attached hydrogens (tertiary/aromatic N) is 1. The first-order valence-corrected chi connectivity index (χ1v) is 7.42. The Balaban J connectivity index is 2.15. The first-order chi connectivity index (χ1) is 9.63. The summed E-state index contributed by atoms with van der Waals surface area (Å²) in [6.07, 6.45) is 3.69. The summed E-state index contributed by atoms with van der Waals surface area (Å²) in [5.74, 6) is 1.49. The molecule has 1 saturated carbocycles. The Kier molecular flexibility index (Phi) is 5.26. The molecule has 4 nitrogen and oxygen atoms in total. The van der Waals surface area contributed by atoms with Crippen molar-refractivity contribution in [3.63, 3.8) is 0 Å². The lowest BCUT2D eigenvalue weighted by Crippen LogP contribution is -2.29. The molecule has 0 bridgehead atoms. The number of rotatable bonds is 6. The van der Waals surface area contributed by atoms with Gasteiger partial charge in [0.2, 0.25) is 0 Å². The molecule has 20 heavy (non-hydrogen) atoms. The van der Waals surface area contributed by atoms with Crippen molar-refractivity contribution in [2.24, 2.45) is 11.7 Å². The fourth-order valence-corrected chi connectivity index (χ4v) is 3.04. The van der Waals surface area contributed by atoms with Crippen LogP contribution in [0.2, 0.25) is 0 Å². The lowest BCUT2D eigenvalue weighted by Gasteiger charge is -2.23. The summed E-state index contributed by atoms with van der Waals surface area (Å²) in [6.45, 7) is 1.70. The maximum atomic E-state index is 5.87. The quantitative estimate of drug-likeness (QED) is 0.837. The number of benzene rings is 1. The van der Waals surface area contributed by atoms with Crippen LogP contribution in [0.25, 0.3) is 0 Å². The standard InChI is InChI=1S/C16H27N3O/c1-19(2)11-12-7-8-16(20-3)15(9-12)18-14-6-4-5-13(14)10-17/h7-9,13-14,18H,4-6,10-11,17H2,1-3H3. The molecule has 4 heteroatoms. The summed E-state index contributed by atoms with van der Waals surface area (Å²) < 4.78 is 5.48. The lowest BCUT2D eigenvalue weighted by atomic mass is 10.0. The van der Waals surface area contributed by atoms with E-state index in [-0.39, 0.29) is 0 Å². The van der Waals surface area contributed by atoms with Gasteiger partial charge in [-0.25, -0.2) is 0 Å². The van der Waals surface area contributed by atoms with Gasteiger partial charge in [0.05, 0.1) is 12.8 Å². The molecular weight excluding hydrogens is 250 g/mol. The zero-order valence-corrected chi connectivity index (χ0v) is 12.9. The molecule has 0 spiro atoms. The van der Waals surface area contributed by atoms with Gasteiger partial charge in [-0.05, 0) is 57.1 Å². The Morgan fingerprint density at radius 1 is 1.35 bits per heavy atom. The van der Waals surface area contributed by atoms with Crippen LogP contribution in [0, 0.1) is 5.92 Å². The highest BCUT2D eigenvalue weighted by Gasteiger charge is 2.26.